The monoisotopic (exact) mass is 397 g/mol. The van der Waals surface area contributed by atoms with E-state index in [-0.39, 0.29) is 42.4 Å². The Labute approximate surface area is 171 Å². The van der Waals surface area contributed by atoms with Crippen LogP contribution >= 0.6 is 0 Å². The summed E-state index contributed by atoms with van der Waals surface area (Å²) in [6.45, 7) is 5.24. The lowest BCUT2D eigenvalue weighted by atomic mass is 9.86. The molecule has 1 fully saturated rings. The smallest absolute Gasteiger partial charge is 0.320 e. The summed E-state index contributed by atoms with van der Waals surface area (Å²) >= 11 is 0. The minimum Gasteiger partial charge on any atom is -0.465 e. The van der Waals surface area contributed by atoms with E-state index in [9.17, 15) is 9.18 Å². The van der Waals surface area contributed by atoms with Gasteiger partial charge in [0.15, 0.2) is 0 Å². The largest absolute Gasteiger partial charge is 0.465 e. The number of likely N-dealkylation sites (N-methyl/N-ethyl adjacent to an activating group) is 1. The van der Waals surface area contributed by atoms with Crippen molar-refractivity contribution in [2.75, 3.05) is 26.7 Å². The number of carbonyl (C=O) groups is 1. The van der Waals surface area contributed by atoms with Crippen LogP contribution in [0.3, 0.4) is 0 Å². The van der Waals surface area contributed by atoms with E-state index in [1.807, 2.05) is 18.0 Å². The Bertz CT molecular complexity index is 899. The second-order valence-corrected chi connectivity index (χ2v) is 8.15. The van der Waals surface area contributed by atoms with Crippen molar-refractivity contribution >= 4 is 5.97 Å². The van der Waals surface area contributed by atoms with Crippen molar-refractivity contribution in [1.82, 2.24) is 4.90 Å². The lowest BCUT2D eigenvalue weighted by Gasteiger charge is -2.22. The third-order valence-corrected chi connectivity index (χ3v) is 6.12. The van der Waals surface area contributed by atoms with Gasteiger partial charge in [0.1, 0.15) is 5.82 Å². The van der Waals surface area contributed by atoms with Gasteiger partial charge in [-0.2, -0.15) is 0 Å². The zero-order valence-corrected chi connectivity index (χ0v) is 17.2. The predicted octanol–water partition coefficient (Wildman–Crippen LogP) is 4.40. The van der Waals surface area contributed by atoms with Gasteiger partial charge < -0.3 is 9.47 Å². The molecule has 0 amide bonds. The lowest BCUT2D eigenvalue weighted by Crippen LogP contribution is -2.34. The molecule has 0 aromatic heterocycles. The molecule has 4 atom stereocenters. The van der Waals surface area contributed by atoms with Crippen LogP contribution in [0.15, 0.2) is 42.5 Å². The van der Waals surface area contributed by atoms with Crippen LogP contribution in [-0.4, -0.2) is 43.7 Å². The maximum absolute atomic E-state index is 14.1. The molecule has 2 aliphatic rings. The summed E-state index contributed by atoms with van der Waals surface area (Å²) in [6, 6.07) is 13.6. The molecular formula is C24H28FNO3. The highest BCUT2D eigenvalue weighted by atomic mass is 19.1. The van der Waals surface area contributed by atoms with Gasteiger partial charge in [-0.15, -0.1) is 0 Å². The standard InChI is InChI=1S/C24H28FNO3/c1-4-28-23(27)14-26(3)13-17-12-22-20-8-6-5-7-18(20)15(2)19-10-9-16(25)11-21(19)24(22)29-17/h5-11,15,17,22,24H,4,12-14H2,1-3H3/t15-,17-,22-,24-/m1/s1. The summed E-state index contributed by atoms with van der Waals surface area (Å²) in [5.41, 5.74) is 4.66. The third kappa shape index (κ3) is 3.94. The fourth-order valence-electron chi connectivity index (χ4n) is 4.90. The molecular weight excluding hydrogens is 369 g/mol. The quantitative estimate of drug-likeness (QED) is 0.701. The van der Waals surface area contributed by atoms with E-state index in [2.05, 4.69) is 31.2 Å². The Hall–Kier alpha value is -2.24. The Kier molecular flexibility index (Phi) is 5.70. The molecule has 0 radical (unpaired) electrons. The number of rotatable bonds is 5. The van der Waals surface area contributed by atoms with Gasteiger partial charge in [0.05, 0.1) is 25.4 Å². The molecule has 1 heterocycles. The first kappa shape index (κ1) is 20.0. The number of ether oxygens (including phenoxy) is 2. The van der Waals surface area contributed by atoms with Crippen molar-refractivity contribution in [3.05, 3.63) is 70.5 Å². The highest BCUT2D eigenvalue weighted by molar-refractivity contribution is 5.71. The van der Waals surface area contributed by atoms with Crippen molar-refractivity contribution in [1.29, 1.82) is 0 Å². The summed E-state index contributed by atoms with van der Waals surface area (Å²) in [7, 11) is 1.90. The molecule has 4 nitrogen and oxygen atoms in total. The van der Waals surface area contributed by atoms with Crippen molar-refractivity contribution in [3.8, 4) is 0 Å². The molecule has 2 aromatic rings. The molecule has 154 valence electrons. The van der Waals surface area contributed by atoms with E-state index >= 15 is 0 Å². The van der Waals surface area contributed by atoms with Crippen molar-refractivity contribution in [3.63, 3.8) is 0 Å². The number of fused-ring (bicyclic) bond motifs is 5. The average molecular weight is 397 g/mol. The SMILES string of the molecule is CCOC(=O)CN(C)C[C@H]1C[C@@H]2c3ccccc3[C@@H](C)c3ccc(F)cc3[C@H]2O1. The van der Waals surface area contributed by atoms with Gasteiger partial charge in [0.2, 0.25) is 0 Å². The summed E-state index contributed by atoms with van der Waals surface area (Å²) < 4.78 is 25.7. The van der Waals surface area contributed by atoms with E-state index in [0.29, 0.717) is 13.2 Å². The maximum Gasteiger partial charge on any atom is 0.320 e. The van der Waals surface area contributed by atoms with Gasteiger partial charge in [0, 0.05) is 18.4 Å². The molecule has 4 rings (SSSR count). The van der Waals surface area contributed by atoms with Crippen molar-refractivity contribution in [2.45, 2.75) is 44.3 Å². The Morgan fingerprint density at radius 2 is 1.90 bits per heavy atom. The van der Waals surface area contributed by atoms with E-state index in [4.69, 9.17) is 9.47 Å². The molecule has 0 unspecified atom stereocenters. The Balaban J connectivity index is 1.62. The van der Waals surface area contributed by atoms with Crippen LogP contribution in [0.5, 0.6) is 0 Å². The fourth-order valence-corrected chi connectivity index (χ4v) is 4.90. The van der Waals surface area contributed by atoms with Crippen LogP contribution in [0.4, 0.5) is 4.39 Å². The van der Waals surface area contributed by atoms with E-state index in [1.165, 1.54) is 17.2 Å². The maximum atomic E-state index is 14.1. The van der Waals surface area contributed by atoms with E-state index < -0.39 is 0 Å². The van der Waals surface area contributed by atoms with Gasteiger partial charge >= 0.3 is 5.97 Å². The van der Waals surface area contributed by atoms with Crippen molar-refractivity contribution in [2.24, 2.45) is 0 Å². The molecule has 1 aliphatic heterocycles. The highest BCUT2D eigenvalue weighted by Gasteiger charge is 2.42. The van der Waals surface area contributed by atoms with Gasteiger partial charge in [-0.05, 0) is 54.8 Å². The van der Waals surface area contributed by atoms with Crippen LogP contribution in [0.2, 0.25) is 0 Å². The molecule has 0 N–H and O–H groups in total. The normalized spacial score (nSPS) is 25.1. The molecule has 0 bridgehead atoms. The first-order valence-corrected chi connectivity index (χ1v) is 10.4. The zero-order valence-electron chi connectivity index (χ0n) is 17.2. The lowest BCUT2D eigenvalue weighted by molar-refractivity contribution is -0.144. The molecule has 2 aromatic carbocycles. The van der Waals surface area contributed by atoms with Gasteiger partial charge in [0.25, 0.3) is 0 Å². The first-order valence-electron chi connectivity index (χ1n) is 10.4. The van der Waals surface area contributed by atoms with Crippen LogP contribution in [-0.2, 0) is 14.3 Å². The van der Waals surface area contributed by atoms with Crippen LogP contribution < -0.4 is 0 Å². The number of hydrogen-bond donors (Lipinski definition) is 0. The number of halogens is 1. The molecule has 5 heteroatoms. The minimum atomic E-state index is -0.230. The topological polar surface area (TPSA) is 38.8 Å². The molecule has 1 aliphatic carbocycles. The number of benzene rings is 2. The van der Waals surface area contributed by atoms with Gasteiger partial charge in [-0.25, -0.2) is 4.39 Å². The summed E-state index contributed by atoms with van der Waals surface area (Å²) in [5, 5.41) is 0. The Morgan fingerprint density at radius 1 is 1.17 bits per heavy atom. The van der Waals surface area contributed by atoms with Crippen molar-refractivity contribution < 1.29 is 18.7 Å². The third-order valence-electron chi connectivity index (χ3n) is 6.12. The summed E-state index contributed by atoms with van der Waals surface area (Å²) in [5.74, 6) is -0.0837. The van der Waals surface area contributed by atoms with Gasteiger partial charge in [-0.3, -0.25) is 9.69 Å². The average Bonchev–Trinajstić information content (AvgIpc) is 3.07. The molecule has 1 saturated heterocycles. The van der Waals surface area contributed by atoms with Crippen LogP contribution in [0.1, 0.15) is 60.5 Å². The minimum absolute atomic E-state index is 0.0259. The number of carbonyl (C=O) groups excluding carboxylic acids is 1. The number of nitrogens with zero attached hydrogens (tertiary/aromatic N) is 1. The molecule has 29 heavy (non-hydrogen) atoms. The predicted molar refractivity (Wildman–Crippen MR) is 109 cm³/mol. The molecule has 0 spiro atoms. The van der Waals surface area contributed by atoms with E-state index in [1.54, 1.807) is 13.0 Å². The number of hydrogen-bond acceptors (Lipinski definition) is 4. The zero-order chi connectivity index (χ0) is 20.5. The second kappa shape index (κ2) is 8.25. The summed E-state index contributed by atoms with van der Waals surface area (Å²) in [4.78, 5) is 13.7. The second-order valence-electron chi connectivity index (χ2n) is 8.15. The first-order chi connectivity index (χ1) is 14.0. The highest BCUT2D eigenvalue weighted by Crippen LogP contribution is 2.52. The molecule has 0 saturated carbocycles. The Morgan fingerprint density at radius 3 is 2.66 bits per heavy atom. The van der Waals surface area contributed by atoms with Crippen LogP contribution in [0, 0.1) is 5.82 Å². The van der Waals surface area contributed by atoms with Crippen LogP contribution in [0.25, 0.3) is 0 Å². The fraction of sp³-hybridized carbons (Fsp3) is 0.458. The summed E-state index contributed by atoms with van der Waals surface area (Å²) in [6.07, 6.45) is 0.646. The van der Waals surface area contributed by atoms with E-state index in [0.717, 1.165) is 17.5 Å². The number of esters is 1. The van der Waals surface area contributed by atoms with Gasteiger partial charge in [-0.1, -0.05) is 37.3 Å².